The molecular formula is C18H16F2N2O2. The van der Waals surface area contributed by atoms with Gasteiger partial charge in [0, 0.05) is 17.8 Å². The van der Waals surface area contributed by atoms with Gasteiger partial charge in [-0.15, -0.1) is 0 Å². The van der Waals surface area contributed by atoms with Crippen LogP contribution >= 0.6 is 0 Å². The molecule has 124 valence electrons. The van der Waals surface area contributed by atoms with E-state index in [1.54, 1.807) is 18.2 Å². The second-order valence-electron chi connectivity index (χ2n) is 5.75. The second-order valence-corrected chi connectivity index (χ2v) is 5.75. The standard InChI is InChI=1S/C18H16F2N2O2/c19-12-5-7-13(8-6-12)22-18(24)15-9-14(15)17(23)21-10-11-3-1-2-4-16(11)20/h1-8,14-15H,9-10H2,(H,21,23)(H,22,24). The topological polar surface area (TPSA) is 58.2 Å². The molecule has 3 rings (SSSR count). The van der Waals surface area contributed by atoms with Gasteiger partial charge < -0.3 is 10.6 Å². The van der Waals surface area contributed by atoms with Gasteiger partial charge >= 0.3 is 0 Å². The van der Waals surface area contributed by atoms with Crippen molar-refractivity contribution < 1.29 is 18.4 Å². The van der Waals surface area contributed by atoms with E-state index in [9.17, 15) is 18.4 Å². The lowest BCUT2D eigenvalue weighted by Gasteiger charge is -2.07. The quantitative estimate of drug-likeness (QED) is 0.886. The number of hydrogen-bond acceptors (Lipinski definition) is 2. The number of carbonyl (C=O) groups excluding carboxylic acids is 2. The molecule has 0 spiro atoms. The molecule has 1 aliphatic rings. The van der Waals surface area contributed by atoms with E-state index in [1.807, 2.05) is 0 Å². The van der Waals surface area contributed by atoms with Gasteiger partial charge in [-0.05, 0) is 36.8 Å². The van der Waals surface area contributed by atoms with Crippen molar-refractivity contribution in [2.45, 2.75) is 13.0 Å². The van der Waals surface area contributed by atoms with Gasteiger partial charge in [0.2, 0.25) is 11.8 Å². The van der Waals surface area contributed by atoms with Gasteiger partial charge in [-0.3, -0.25) is 9.59 Å². The van der Waals surface area contributed by atoms with E-state index in [-0.39, 0.29) is 30.0 Å². The van der Waals surface area contributed by atoms with E-state index in [1.165, 1.54) is 30.3 Å². The van der Waals surface area contributed by atoms with Crippen molar-refractivity contribution in [2.75, 3.05) is 5.32 Å². The average Bonchev–Trinajstić information content (AvgIpc) is 3.37. The van der Waals surface area contributed by atoms with Gasteiger partial charge in [-0.2, -0.15) is 0 Å². The molecule has 0 heterocycles. The third kappa shape index (κ3) is 3.76. The molecule has 24 heavy (non-hydrogen) atoms. The van der Waals surface area contributed by atoms with Crippen LogP contribution in [-0.2, 0) is 16.1 Å². The van der Waals surface area contributed by atoms with Gasteiger partial charge in [0.15, 0.2) is 0 Å². The molecule has 2 N–H and O–H groups in total. The summed E-state index contributed by atoms with van der Waals surface area (Å²) in [5.74, 6) is -2.11. The van der Waals surface area contributed by atoms with Crippen LogP contribution in [0.4, 0.5) is 14.5 Å². The fourth-order valence-electron chi connectivity index (χ4n) is 2.50. The van der Waals surface area contributed by atoms with Gasteiger partial charge in [-0.25, -0.2) is 8.78 Å². The van der Waals surface area contributed by atoms with E-state index < -0.39 is 11.8 Å². The van der Waals surface area contributed by atoms with Gasteiger partial charge in [0.05, 0.1) is 11.8 Å². The normalized spacial score (nSPS) is 18.8. The fourth-order valence-corrected chi connectivity index (χ4v) is 2.50. The number of anilines is 1. The van der Waals surface area contributed by atoms with E-state index in [0.29, 0.717) is 17.7 Å². The lowest BCUT2D eigenvalue weighted by atomic mass is 10.2. The number of amides is 2. The Morgan fingerprint density at radius 1 is 0.958 bits per heavy atom. The summed E-state index contributed by atoms with van der Waals surface area (Å²) in [6, 6.07) is 11.6. The second kappa shape index (κ2) is 6.78. The minimum Gasteiger partial charge on any atom is -0.352 e. The molecule has 1 aliphatic carbocycles. The third-order valence-corrected chi connectivity index (χ3v) is 3.99. The SMILES string of the molecule is O=C(NCc1ccccc1F)C1CC1C(=O)Nc1ccc(F)cc1. The highest BCUT2D eigenvalue weighted by Crippen LogP contribution is 2.39. The predicted molar refractivity (Wildman–Crippen MR) is 84.9 cm³/mol. The fraction of sp³-hybridized carbons (Fsp3) is 0.222. The maximum atomic E-state index is 13.5. The number of nitrogens with one attached hydrogen (secondary N) is 2. The molecule has 2 aromatic rings. The zero-order chi connectivity index (χ0) is 17.1. The lowest BCUT2D eigenvalue weighted by molar-refractivity contribution is -0.125. The number of benzene rings is 2. The average molecular weight is 330 g/mol. The van der Waals surface area contributed by atoms with Crippen molar-refractivity contribution in [3.05, 3.63) is 65.7 Å². The highest BCUT2D eigenvalue weighted by atomic mass is 19.1. The zero-order valence-corrected chi connectivity index (χ0v) is 12.8. The van der Waals surface area contributed by atoms with E-state index >= 15 is 0 Å². The van der Waals surface area contributed by atoms with E-state index in [0.717, 1.165) is 0 Å². The van der Waals surface area contributed by atoms with Crippen molar-refractivity contribution in [2.24, 2.45) is 11.8 Å². The molecule has 0 bridgehead atoms. The first-order chi connectivity index (χ1) is 11.5. The van der Waals surface area contributed by atoms with Gasteiger partial charge in [0.1, 0.15) is 11.6 Å². The smallest absolute Gasteiger partial charge is 0.228 e. The molecule has 2 unspecified atom stereocenters. The molecular weight excluding hydrogens is 314 g/mol. The van der Waals surface area contributed by atoms with E-state index in [4.69, 9.17) is 0 Å². The van der Waals surface area contributed by atoms with Crippen LogP contribution < -0.4 is 10.6 Å². The largest absolute Gasteiger partial charge is 0.352 e. The molecule has 2 atom stereocenters. The number of halogens is 2. The molecule has 1 fully saturated rings. The highest BCUT2D eigenvalue weighted by Gasteiger charge is 2.47. The Kier molecular flexibility index (Phi) is 4.55. The van der Waals surface area contributed by atoms with Crippen molar-refractivity contribution in [1.82, 2.24) is 5.32 Å². The van der Waals surface area contributed by atoms with E-state index in [2.05, 4.69) is 10.6 Å². The monoisotopic (exact) mass is 330 g/mol. The van der Waals surface area contributed by atoms with Crippen LogP contribution in [0.2, 0.25) is 0 Å². The first kappa shape index (κ1) is 16.1. The van der Waals surface area contributed by atoms with Crippen LogP contribution in [0.3, 0.4) is 0 Å². The Balaban J connectivity index is 1.49. The number of hydrogen-bond donors (Lipinski definition) is 2. The minimum atomic E-state index is -0.407. The Hall–Kier alpha value is -2.76. The van der Waals surface area contributed by atoms with Gasteiger partial charge in [0.25, 0.3) is 0 Å². The highest BCUT2D eigenvalue weighted by molar-refractivity contribution is 5.99. The molecule has 0 aromatic heterocycles. The van der Waals surface area contributed by atoms with Gasteiger partial charge in [-0.1, -0.05) is 18.2 Å². The summed E-state index contributed by atoms with van der Waals surface area (Å²) in [7, 11) is 0. The van der Waals surface area contributed by atoms with Crippen molar-refractivity contribution in [1.29, 1.82) is 0 Å². The first-order valence-electron chi connectivity index (χ1n) is 7.62. The summed E-state index contributed by atoms with van der Waals surface area (Å²) in [6.07, 6.45) is 0.454. The maximum Gasteiger partial charge on any atom is 0.228 e. The van der Waals surface area contributed by atoms with Crippen LogP contribution in [-0.4, -0.2) is 11.8 Å². The maximum absolute atomic E-state index is 13.5. The van der Waals surface area contributed by atoms with Crippen LogP contribution in [0.1, 0.15) is 12.0 Å². The Morgan fingerprint density at radius 2 is 1.62 bits per heavy atom. The molecule has 6 heteroatoms. The zero-order valence-electron chi connectivity index (χ0n) is 12.8. The van der Waals surface area contributed by atoms with Crippen molar-refractivity contribution in [3.8, 4) is 0 Å². The third-order valence-electron chi connectivity index (χ3n) is 3.99. The predicted octanol–water partition coefficient (Wildman–Crippen LogP) is 2.86. The summed E-state index contributed by atoms with van der Waals surface area (Å²) in [6.45, 7) is 0.0916. The lowest BCUT2D eigenvalue weighted by Crippen LogP contribution is -2.27. The van der Waals surface area contributed by atoms with Crippen molar-refractivity contribution >= 4 is 17.5 Å². The molecule has 0 saturated heterocycles. The Labute approximate surface area is 137 Å². The molecule has 2 aromatic carbocycles. The Morgan fingerprint density at radius 3 is 2.33 bits per heavy atom. The van der Waals surface area contributed by atoms with Crippen LogP contribution in [0.25, 0.3) is 0 Å². The summed E-state index contributed by atoms with van der Waals surface area (Å²) >= 11 is 0. The van der Waals surface area contributed by atoms with Crippen LogP contribution in [0.15, 0.2) is 48.5 Å². The van der Waals surface area contributed by atoms with Crippen LogP contribution in [0, 0.1) is 23.5 Å². The summed E-state index contributed by atoms with van der Waals surface area (Å²) in [5.41, 5.74) is 0.887. The number of rotatable bonds is 5. The molecule has 0 radical (unpaired) electrons. The number of carbonyl (C=O) groups is 2. The molecule has 1 saturated carbocycles. The van der Waals surface area contributed by atoms with Crippen molar-refractivity contribution in [3.63, 3.8) is 0 Å². The first-order valence-corrected chi connectivity index (χ1v) is 7.62. The molecule has 2 amide bonds. The molecule has 4 nitrogen and oxygen atoms in total. The Bertz CT molecular complexity index is 762. The minimum absolute atomic E-state index is 0.0916. The van der Waals surface area contributed by atoms with Crippen LogP contribution in [0.5, 0.6) is 0 Å². The molecule has 0 aliphatic heterocycles. The summed E-state index contributed by atoms with van der Waals surface area (Å²) in [4.78, 5) is 24.1. The summed E-state index contributed by atoms with van der Waals surface area (Å²) in [5, 5.41) is 5.30. The summed E-state index contributed by atoms with van der Waals surface area (Å²) < 4.78 is 26.3.